The zero-order valence-corrected chi connectivity index (χ0v) is 38.2. The predicted octanol–water partition coefficient (Wildman–Crippen LogP) is 15.7. The van der Waals surface area contributed by atoms with Gasteiger partial charge in [-0.25, -0.2) is 0 Å². The third kappa shape index (κ3) is 46.7. The van der Waals surface area contributed by atoms with Crippen LogP contribution in [0.15, 0.2) is 134 Å². The highest BCUT2D eigenvalue weighted by Gasteiger charge is 2.16. The zero-order chi connectivity index (χ0) is 43.5. The molecule has 60 heavy (non-hydrogen) atoms. The molecule has 1 atom stereocenters. The quantitative estimate of drug-likeness (QED) is 0.0378. The van der Waals surface area contributed by atoms with Crippen molar-refractivity contribution in [1.82, 2.24) is 0 Å². The number of allylic oxidation sites excluding steroid dienone is 22. The first kappa shape index (κ1) is 56.0. The van der Waals surface area contributed by atoms with Crippen LogP contribution in [0, 0.1) is 0 Å². The lowest BCUT2D eigenvalue weighted by molar-refractivity contribution is -0.161. The maximum Gasteiger partial charge on any atom is 0.306 e. The highest BCUT2D eigenvalue weighted by Crippen LogP contribution is 2.13. The molecule has 5 heteroatoms. The maximum atomic E-state index is 12.2. The Labute approximate surface area is 368 Å². The van der Waals surface area contributed by atoms with Crippen LogP contribution in [0.2, 0.25) is 0 Å². The number of esters is 2. The van der Waals surface area contributed by atoms with E-state index in [1.807, 2.05) is 0 Å². The number of unbranched alkanes of at least 4 members (excludes halogenated alkanes) is 11. The van der Waals surface area contributed by atoms with Crippen molar-refractivity contribution < 1.29 is 24.2 Å². The molecule has 0 radical (unpaired) electrons. The SMILES string of the molecule is CC/C=C\C/C=C\C/C=C\C/C=C\C/C=C\C/C=C\CCCCC(=O)OC(CO)COC(=O)CCCCCCCCCCC/C=C\C/C=C\C/C=C\C/C=C\C/C=C\CC. The van der Waals surface area contributed by atoms with E-state index in [1.165, 1.54) is 38.5 Å². The van der Waals surface area contributed by atoms with Gasteiger partial charge in [0.25, 0.3) is 0 Å². The Morgan fingerprint density at radius 1 is 0.383 bits per heavy atom. The van der Waals surface area contributed by atoms with E-state index in [1.54, 1.807) is 0 Å². The topological polar surface area (TPSA) is 72.8 Å². The van der Waals surface area contributed by atoms with Crippen molar-refractivity contribution in [3.8, 4) is 0 Å². The Morgan fingerprint density at radius 3 is 1.03 bits per heavy atom. The van der Waals surface area contributed by atoms with Crippen molar-refractivity contribution in [1.29, 1.82) is 0 Å². The van der Waals surface area contributed by atoms with Gasteiger partial charge in [-0.15, -0.1) is 0 Å². The van der Waals surface area contributed by atoms with E-state index in [2.05, 4.69) is 148 Å². The first-order valence-corrected chi connectivity index (χ1v) is 23.7. The number of carbonyl (C=O) groups excluding carboxylic acids is 2. The lowest BCUT2D eigenvalue weighted by Crippen LogP contribution is -2.28. The van der Waals surface area contributed by atoms with Gasteiger partial charge in [0, 0.05) is 12.8 Å². The Hall–Kier alpha value is -3.96. The lowest BCUT2D eigenvalue weighted by atomic mass is 10.1. The van der Waals surface area contributed by atoms with Gasteiger partial charge in [-0.05, 0) is 109 Å². The van der Waals surface area contributed by atoms with Crippen LogP contribution < -0.4 is 0 Å². The maximum absolute atomic E-state index is 12.2. The number of rotatable bonds is 41. The third-order valence-electron chi connectivity index (χ3n) is 9.44. The summed E-state index contributed by atoms with van der Waals surface area (Å²) < 4.78 is 10.6. The second-order valence-electron chi connectivity index (χ2n) is 15.1. The molecule has 0 aliphatic rings. The zero-order valence-electron chi connectivity index (χ0n) is 38.2. The summed E-state index contributed by atoms with van der Waals surface area (Å²) in [6.45, 7) is 3.85. The third-order valence-corrected chi connectivity index (χ3v) is 9.44. The number of carbonyl (C=O) groups is 2. The van der Waals surface area contributed by atoms with E-state index in [4.69, 9.17) is 9.47 Å². The number of aliphatic hydroxyl groups excluding tert-OH is 1. The minimum atomic E-state index is -0.808. The van der Waals surface area contributed by atoms with E-state index < -0.39 is 6.10 Å². The van der Waals surface area contributed by atoms with E-state index in [0.29, 0.717) is 12.8 Å². The van der Waals surface area contributed by atoms with Gasteiger partial charge in [0.15, 0.2) is 6.10 Å². The van der Waals surface area contributed by atoms with E-state index in [9.17, 15) is 14.7 Å². The van der Waals surface area contributed by atoms with Crippen molar-refractivity contribution in [3.05, 3.63) is 134 Å². The number of hydrogen-bond acceptors (Lipinski definition) is 5. The van der Waals surface area contributed by atoms with Gasteiger partial charge >= 0.3 is 11.9 Å². The minimum absolute atomic E-state index is 0.0965. The minimum Gasteiger partial charge on any atom is -0.462 e. The molecule has 0 spiro atoms. The Bertz CT molecular complexity index is 1300. The molecule has 0 amide bonds. The molecule has 0 aliphatic carbocycles. The van der Waals surface area contributed by atoms with E-state index >= 15 is 0 Å². The van der Waals surface area contributed by atoms with Crippen molar-refractivity contribution in [2.45, 2.75) is 187 Å². The van der Waals surface area contributed by atoms with Gasteiger partial charge in [-0.1, -0.05) is 192 Å². The van der Waals surface area contributed by atoms with Gasteiger partial charge in [0.05, 0.1) is 6.61 Å². The summed E-state index contributed by atoms with van der Waals surface area (Å²) in [4.78, 5) is 24.4. The summed E-state index contributed by atoms with van der Waals surface area (Å²) in [6, 6.07) is 0. The molecule has 0 aromatic rings. The summed E-state index contributed by atoms with van der Waals surface area (Å²) in [7, 11) is 0. The number of hydrogen-bond donors (Lipinski definition) is 1. The highest BCUT2D eigenvalue weighted by atomic mass is 16.6. The van der Waals surface area contributed by atoms with Crippen molar-refractivity contribution in [3.63, 3.8) is 0 Å². The van der Waals surface area contributed by atoms with Crippen LogP contribution >= 0.6 is 0 Å². The molecule has 5 nitrogen and oxygen atoms in total. The summed E-state index contributed by atoms with van der Waals surface area (Å²) >= 11 is 0. The fraction of sp³-hybridized carbons (Fsp3) is 0.564. The van der Waals surface area contributed by atoms with Crippen LogP contribution in [0.4, 0.5) is 0 Å². The van der Waals surface area contributed by atoms with Crippen molar-refractivity contribution >= 4 is 11.9 Å². The summed E-state index contributed by atoms with van der Waals surface area (Å²) in [5.74, 6) is -0.661. The van der Waals surface area contributed by atoms with Crippen LogP contribution in [-0.4, -0.2) is 36.4 Å². The van der Waals surface area contributed by atoms with Crippen molar-refractivity contribution in [2.75, 3.05) is 13.2 Å². The van der Waals surface area contributed by atoms with Gasteiger partial charge < -0.3 is 14.6 Å². The van der Waals surface area contributed by atoms with Crippen molar-refractivity contribution in [2.24, 2.45) is 0 Å². The second kappa shape index (κ2) is 49.4. The molecule has 1 N–H and O–H groups in total. The standard InChI is InChI=1S/C55H86O5/c1-3-5-7-9-11-13-15-17-19-21-23-25-26-27-28-30-31-33-35-37-39-41-43-45-47-49-54(57)59-52-53(51-56)60-55(58)50-48-46-44-42-40-38-36-34-32-29-24-22-20-18-16-14-12-10-8-6-4-2/h5-8,11-14,17-20,23-25,27-29,34,36,40,42,53,56H,3-4,9-10,15-16,21-22,26,30-33,35,37-39,41,43-52H2,1-2H3/b7-5-,8-6-,13-11-,14-12-,19-17-,20-18-,25-23-,28-27-,29-24-,36-34-,42-40-. The molecule has 0 heterocycles. The van der Waals surface area contributed by atoms with E-state index in [0.717, 1.165) is 109 Å². The largest absolute Gasteiger partial charge is 0.462 e. The molecule has 0 bridgehead atoms. The van der Waals surface area contributed by atoms with Gasteiger partial charge in [0.1, 0.15) is 6.61 Å². The van der Waals surface area contributed by atoms with Crippen LogP contribution in [-0.2, 0) is 19.1 Å². The predicted molar refractivity (Wildman–Crippen MR) is 260 cm³/mol. The normalized spacial score (nSPS) is 13.4. The van der Waals surface area contributed by atoms with Gasteiger partial charge in [0.2, 0.25) is 0 Å². The molecule has 0 saturated carbocycles. The smallest absolute Gasteiger partial charge is 0.306 e. The van der Waals surface area contributed by atoms with Crippen LogP contribution in [0.3, 0.4) is 0 Å². The first-order chi connectivity index (χ1) is 29.6. The Morgan fingerprint density at radius 2 is 0.667 bits per heavy atom. The van der Waals surface area contributed by atoms with Crippen LogP contribution in [0.1, 0.15) is 181 Å². The average molecular weight is 827 g/mol. The summed E-state index contributed by atoms with van der Waals surface area (Å²) in [5.41, 5.74) is 0. The summed E-state index contributed by atoms with van der Waals surface area (Å²) in [5, 5.41) is 9.61. The van der Waals surface area contributed by atoms with Crippen LogP contribution in [0.5, 0.6) is 0 Å². The van der Waals surface area contributed by atoms with Gasteiger partial charge in [-0.2, -0.15) is 0 Å². The first-order valence-electron chi connectivity index (χ1n) is 23.7. The van der Waals surface area contributed by atoms with Crippen LogP contribution in [0.25, 0.3) is 0 Å². The molecule has 336 valence electrons. The average Bonchev–Trinajstić information content (AvgIpc) is 3.25. The summed E-state index contributed by atoms with van der Waals surface area (Å²) in [6.07, 6.45) is 73.8. The Kier molecular flexibility index (Phi) is 46.1. The Balaban J connectivity index is 3.67. The molecule has 0 aromatic heterocycles. The molecule has 0 aliphatic heterocycles. The monoisotopic (exact) mass is 827 g/mol. The van der Waals surface area contributed by atoms with Gasteiger partial charge in [-0.3, -0.25) is 9.59 Å². The molecular formula is C55H86O5. The second-order valence-corrected chi connectivity index (χ2v) is 15.1. The molecule has 1 unspecified atom stereocenters. The lowest BCUT2D eigenvalue weighted by Gasteiger charge is -2.15. The number of ether oxygens (including phenoxy) is 2. The molecule has 0 fully saturated rings. The van der Waals surface area contributed by atoms with E-state index in [-0.39, 0.29) is 31.6 Å². The highest BCUT2D eigenvalue weighted by molar-refractivity contribution is 5.70. The molecular weight excluding hydrogens is 741 g/mol. The fourth-order valence-electron chi connectivity index (χ4n) is 5.94. The molecule has 0 rings (SSSR count). The fourth-order valence-corrected chi connectivity index (χ4v) is 5.94. The number of aliphatic hydroxyl groups is 1. The molecule has 0 aromatic carbocycles. The molecule has 0 saturated heterocycles.